The van der Waals surface area contributed by atoms with Gasteiger partial charge in [-0.1, -0.05) is 23.7 Å². The van der Waals surface area contributed by atoms with E-state index in [1.54, 1.807) is 7.11 Å². The molecule has 1 heterocycles. The first kappa shape index (κ1) is 20.0. The fraction of sp³-hybridized carbons (Fsp3) is 0.435. The Kier molecular flexibility index (Phi) is 6.26. The zero-order valence-electron chi connectivity index (χ0n) is 16.7. The molecular weight excluding hydrogens is 388 g/mol. The first-order valence-electron chi connectivity index (χ1n) is 10.2. The second kappa shape index (κ2) is 9.06. The molecule has 1 fully saturated rings. The van der Waals surface area contributed by atoms with Gasteiger partial charge in [0.1, 0.15) is 5.75 Å². The Balaban J connectivity index is 1.49. The predicted octanol–water partition coefficient (Wildman–Crippen LogP) is 4.63. The molecule has 154 valence electrons. The number of halogens is 1. The maximum absolute atomic E-state index is 12.9. The zero-order valence-corrected chi connectivity index (χ0v) is 17.5. The van der Waals surface area contributed by atoms with Crippen LogP contribution in [0.1, 0.15) is 36.3 Å². The molecule has 1 aliphatic carbocycles. The van der Waals surface area contributed by atoms with Crippen molar-refractivity contribution in [2.45, 2.75) is 31.6 Å². The smallest absolute Gasteiger partial charge is 0.225 e. The van der Waals surface area contributed by atoms with Crippen molar-refractivity contribution in [1.82, 2.24) is 0 Å². The van der Waals surface area contributed by atoms with Gasteiger partial charge in [-0.15, -0.1) is 0 Å². The summed E-state index contributed by atoms with van der Waals surface area (Å²) in [7, 11) is 1.69. The van der Waals surface area contributed by atoms with Crippen molar-refractivity contribution in [3.8, 4) is 5.75 Å². The van der Waals surface area contributed by atoms with E-state index in [0.717, 1.165) is 49.5 Å². The number of hydrogen-bond acceptors (Lipinski definition) is 4. The average molecular weight is 415 g/mol. The third-order valence-electron chi connectivity index (χ3n) is 5.81. The van der Waals surface area contributed by atoms with Gasteiger partial charge in [-0.2, -0.15) is 0 Å². The van der Waals surface area contributed by atoms with Gasteiger partial charge in [-0.25, -0.2) is 0 Å². The minimum Gasteiger partial charge on any atom is -0.497 e. The van der Waals surface area contributed by atoms with Crippen molar-refractivity contribution < 1.29 is 14.3 Å². The molecule has 0 bridgehead atoms. The van der Waals surface area contributed by atoms with Gasteiger partial charge in [-0.3, -0.25) is 4.79 Å². The molecule has 1 atom stereocenters. The summed E-state index contributed by atoms with van der Waals surface area (Å²) in [5.41, 5.74) is 4.23. The summed E-state index contributed by atoms with van der Waals surface area (Å²) in [5.74, 6) is 1.13. The summed E-state index contributed by atoms with van der Waals surface area (Å²) in [6.45, 7) is 2.87. The van der Waals surface area contributed by atoms with Crippen molar-refractivity contribution in [3.05, 3.63) is 52.5 Å². The number of aryl methyl sites for hydroxylation is 1. The van der Waals surface area contributed by atoms with E-state index in [-0.39, 0.29) is 11.8 Å². The Bertz CT molecular complexity index is 880. The number of nitrogens with one attached hydrogen (secondary N) is 1. The molecule has 5 nitrogen and oxygen atoms in total. The van der Waals surface area contributed by atoms with Crippen molar-refractivity contribution in [2.24, 2.45) is 0 Å². The summed E-state index contributed by atoms with van der Waals surface area (Å²) in [5, 5.41) is 3.77. The third-order valence-corrected chi connectivity index (χ3v) is 6.11. The van der Waals surface area contributed by atoms with Crippen LogP contribution in [0.15, 0.2) is 36.4 Å². The number of amides is 1. The van der Waals surface area contributed by atoms with Gasteiger partial charge in [0.15, 0.2) is 0 Å². The molecule has 0 radical (unpaired) electrons. The molecule has 29 heavy (non-hydrogen) atoms. The summed E-state index contributed by atoms with van der Waals surface area (Å²) < 4.78 is 10.8. The number of ether oxygens (including phenoxy) is 2. The molecule has 1 amide bonds. The Morgan fingerprint density at radius 3 is 2.90 bits per heavy atom. The third kappa shape index (κ3) is 4.51. The molecule has 0 saturated carbocycles. The molecule has 2 aromatic carbocycles. The van der Waals surface area contributed by atoms with Crippen LogP contribution in [-0.4, -0.2) is 39.3 Å². The number of methoxy groups -OCH3 is 1. The van der Waals surface area contributed by atoms with Gasteiger partial charge in [0, 0.05) is 19.5 Å². The van der Waals surface area contributed by atoms with Crippen LogP contribution >= 0.6 is 11.6 Å². The topological polar surface area (TPSA) is 50.8 Å². The monoisotopic (exact) mass is 414 g/mol. The fourth-order valence-corrected chi connectivity index (χ4v) is 4.67. The molecular formula is C23H27ClN2O3. The molecule has 0 aromatic heterocycles. The van der Waals surface area contributed by atoms with Gasteiger partial charge < -0.3 is 19.7 Å². The van der Waals surface area contributed by atoms with Gasteiger partial charge in [-0.05, 0) is 60.6 Å². The normalized spacial score (nSPS) is 18.8. The maximum atomic E-state index is 12.9. The molecule has 1 aliphatic heterocycles. The van der Waals surface area contributed by atoms with Crippen LogP contribution in [0.25, 0.3) is 0 Å². The van der Waals surface area contributed by atoms with Crippen LogP contribution in [-0.2, 0) is 16.0 Å². The van der Waals surface area contributed by atoms with E-state index in [1.165, 1.54) is 11.1 Å². The lowest BCUT2D eigenvalue weighted by Gasteiger charge is -2.31. The lowest BCUT2D eigenvalue weighted by atomic mass is 9.81. The van der Waals surface area contributed by atoms with Crippen LogP contribution in [0.4, 0.5) is 11.4 Å². The highest BCUT2D eigenvalue weighted by Gasteiger charge is 2.24. The second-order valence-corrected chi connectivity index (χ2v) is 8.05. The summed E-state index contributed by atoms with van der Waals surface area (Å²) >= 11 is 6.49. The number of carbonyl (C=O) groups excluding carboxylic acids is 1. The summed E-state index contributed by atoms with van der Waals surface area (Å²) in [6, 6.07) is 11.9. The van der Waals surface area contributed by atoms with Crippen LogP contribution in [0.3, 0.4) is 0 Å². The number of anilines is 2. The van der Waals surface area contributed by atoms with E-state index in [2.05, 4.69) is 22.3 Å². The van der Waals surface area contributed by atoms with E-state index in [9.17, 15) is 4.79 Å². The predicted molar refractivity (Wildman–Crippen MR) is 116 cm³/mol. The highest BCUT2D eigenvalue weighted by Crippen LogP contribution is 2.38. The molecule has 2 aromatic rings. The number of morpholine rings is 1. The van der Waals surface area contributed by atoms with Crippen molar-refractivity contribution in [1.29, 1.82) is 0 Å². The van der Waals surface area contributed by atoms with Crippen molar-refractivity contribution >= 4 is 28.9 Å². The highest BCUT2D eigenvalue weighted by molar-refractivity contribution is 6.34. The van der Waals surface area contributed by atoms with E-state index in [4.69, 9.17) is 21.1 Å². The first-order valence-corrected chi connectivity index (χ1v) is 10.6. The number of benzene rings is 2. The van der Waals surface area contributed by atoms with E-state index in [0.29, 0.717) is 24.7 Å². The van der Waals surface area contributed by atoms with Gasteiger partial charge in [0.2, 0.25) is 5.91 Å². The summed E-state index contributed by atoms with van der Waals surface area (Å²) in [6.07, 6.45) is 3.63. The number of para-hydroxylation sites is 1. The lowest BCUT2D eigenvalue weighted by Crippen LogP contribution is -2.37. The maximum Gasteiger partial charge on any atom is 0.225 e. The molecule has 2 aliphatic rings. The quantitative estimate of drug-likeness (QED) is 0.774. The first-order chi connectivity index (χ1) is 14.2. The minimum absolute atomic E-state index is 0.0236. The molecule has 4 rings (SSSR count). The molecule has 1 unspecified atom stereocenters. The highest BCUT2D eigenvalue weighted by atomic mass is 35.5. The Hall–Kier alpha value is -2.24. The van der Waals surface area contributed by atoms with Crippen LogP contribution in [0.2, 0.25) is 5.02 Å². The summed E-state index contributed by atoms with van der Waals surface area (Å²) in [4.78, 5) is 15.1. The number of nitrogens with zero attached hydrogens (tertiary/aromatic N) is 1. The molecule has 1 N–H and O–H groups in total. The largest absolute Gasteiger partial charge is 0.497 e. The van der Waals surface area contributed by atoms with E-state index in [1.807, 2.05) is 24.3 Å². The van der Waals surface area contributed by atoms with Crippen LogP contribution in [0, 0.1) is 0 Å². The molecule has 1 saturated heterocycles. The van der Waals surface area contributed by atoms with Gasteiger partial charge >= 0.3 is 0 Å². The number of fused-ring (bicyclic) bond motifs is 1. The number of carbonyl (C=O) groups is 1. The Morgan fingerprint density at radius 2 is 2.10 bits per heavy atom. The van der Waals surface area contributed by atoms with Gasteiger partial charge in [0.25, 0.3) is 0 Å². The van der Waals surface area contributed by atoms with E-state index >= 15 is 0 Å². The zero-order chi connectivity index (χ0) is 20.2. The standard InChI is InChI=1S/C23H27ClN2O3/c1-28-18-8-9-19-16(14-18)4-2-5-17(19)15-22(27)25-21-7-3-6-20(24)23(21)26-10-12-29-13-11-26/h3,6-9,14,17H,2,4-5,10-13,15H2,1H3,(H,25,27). The number of rotatable bonds is 5. The van der Waals surface area contributed by atoms with Crippen LogP contribution in [0.5, 0.6) is 5.75 Å². The molecule has 6 heteroatoms. The second-order valence-electron chi connectivity index (χ2n) is 7.64. The average Bonchev–Trinajstić information content (AvgIpc) is 2.74. The van der Waals surface area contributed by atoms with Crippen molar-refractivity contribution in [3.63, 3.8) is 0 Å². The van der Waals surface area contributed by atoms with Gasteiger partial charge in [0.05, 0.1) is 36.7 Å². The number of hydrogen-bond donors (Lipinski definition) is 1. The SMILES string of the molecule is COc1ccc2c(c1)CCCC2CC(=O)Nc1cccc(Cl)c1N1CCOCC1. The van der Waals surface area contributed by atoms with Crippen LogP contribution < -0.4 is 15.0 Å². The fourth-order valence-electron chi connectivity index (χ4n) is 4.38. The lowest BCUT2D eigenvalue weighted by molar-refractivity contribution is -0.116. The Labute approximate surface area is 176 Å². The Morgan fingerprint density at radius 1 is 1.28 bits per heavy atom. The van der Waals surface area contributed by atoms with Crippen molar-refractivity contribution in [2.75, 3.05) is 43.6 Å². The molecule has 0 spiro atoms. The van der Waals surface area contributed by atoms with E-state index < -0.39 is 0 Å². The minimum atomic E-state index is 0.0236.